The molecule has 0 atom stereocenters. The third kappa shape index (κ3) is 2.78. The smallest absolute Gasteiger partial charge is 0.312 e. The maximum absolute atomic E-state index is 10.8. The summed E-state index contributed by atoms with van der Waals surface area (Å²) in [5.41, 5.74) is -0.0982. The Bertz CT molecular complexity index is 529. The van der Waals surface area contributed by atoms with Crippen LogP contribution in [0.3, 0.4) is 0 Å². The van der Waals surface area contributed by atoms with Gasteiger partial charge in [-0.25, -0.2) is 4.98 Å². The first-order valence-electron chi connectivity index (χ1n) is 4.60. The molecule has 2 heterocycles. The molecule has 7 nitrogen and oxygen atoms in total. The fourth-order valence-corrected chi connectivity index (χ4v) is 1.53. The van der Waals surface area contributed by atoms with Gasteiger partial charge in [0.25, 0.3) is 0 Å². The number of aromatic nitrogens is 2. The highest BCUT2D eigenvalue weighted by Crippen LogP contribution is 2.25. The van der Waals surface area contributed by atoms with Crippen molar-refractivity contribution in [3.63, 3.8) is 0 Å². The van der Waals surface area contributed by atoms with Gasteiger partial charge in [0, 0.05) is 22.8 Å². The molecule has 0 aromatic carbocycles. The predicted molar refractivity (Wildman–Crippen MR) is 62.4 cm³/mol. The number of halogens is 1. The molecule has 17 heavy (non-hydrogen) atoms. The Morgan fingerprint density at radius 3 is 3.06 bits per heavy atom. The number of nitro groups is 1. The van der Waals surface area contributed by atoms with E-state index in [4.69, 9.17) is 4.52 Å². The van der Waals surface area contributed by atoms with Crippen molar-refractivity contribution in [1.29, 1.82) is 0 Å². The molecule has 0 saturated heterocycles. The fourth-order valence-electron chi connectivity index (χ4n) is 1.21. The summed E-state index contributed by atoms with van der Waals surface area (Å²) in [6, 6.07) is 3.05. The standard InChI is InChI=1S/C9H7BrN4O3/c10-6-3-8(14(15)16)9(11-4-6)12-5-7-1-2-13-17-7/h1-4H,5H2,(H,11,12). The number of hydrogen-bond donors (Lipinski definition) is 1. The van der Waals surface area contributed by atoms with Crippen LogP contribution in [-0.4, -0.2) is 15.1 Å². The largest absolute Gasteiger partial charge is 0.360 e. The van der Waals surface area contributed by atoms with E-state index < -0.39 is 4.92 Å². The summed E-state index contributed by atoms with van der Waals surface area (Å²) in [6.45, 7) is 0.287. The summed E-state index contributed by atoms with van der Waals surface area (Å²) in [6.07, 6.45) is 2.98. The van der Waals surface area contributed by atoms with Crippen molar-refractivity contribution < 1.29 is 9.45 Å². The Kier molecular flexibility index (Phi) is 3.33. The molecule has 0 spiro atoms. The van der Waals surface area contributed by atoms with E-state index in [1.165, 1.54) is 18.5 Å². The third-order valence-corrected chi connectivity index (χ3v) is 2.39. The monoisotopic (exact) mass is 298 g/mol. The summed E-state index contributed by atoms with van der Waals surface area (Å²) < 4.78 is 5.41. The van der Waals surface area contributed by atoms with Gasteiger partial charge in [-0.3, -0.25) is 10.1 Å². The van der Waals surface area contributed by atoms with E-state index in [0.29, 0.717) is 10.2 Å². The summed E-state index contributed by atoms with van der Waals surface area (Å²) in [7, 11) is 0. The minimum absolute atomic E-state index is 0.0982. The molecule has 1 N–H and O–H groups in total. The van der Waals surface area contributed by atoms with Gasteiger partial charge < -0.3 is 9.84 Å². The van der Waals surface area contributed by atoms with Crippen molar-refractivity contribution in [3.8, 4) is 0 Å². The van der Waals surface area contributed by atoms with Gasteiger partial charge >= 0.3 is 5.69 Å². The molecule has 2 rings (SSSR count). The molecule has 0 bridgehead atoms. The first-order valence-corrected chi connectivity index (χ1v) is 5.39. The molecular formula is C9H7BrN4O3. The number of hydrogen-bond acceptors (Lipinski definition) is 6. The van der Waals surface area contributed by atoms with Crippen molar-refractivity contribution in [2.45, 2.75) is 6.54 Å². The average molecular weight is 299 g/mol. The predicted octanol–water partition coefficient (Wildman–Crippen LogP) is 2.35. The van der Waals surface area contributed by atoms with Crippen molar-refractivity contribution in [2.75, 3.05) is 5.32 Å². The van der Waals surface area contributed by atoms with Gasteiger partial charge in [-0.15, -0.1) is 0 Å². The Morgan fingerprint density at radius 1 is 1.59 bits per heavy atom. The lowest BCUT2D eigenvalue weighted by atomic mass is 10.3. The molecule has 0 unspecified atom stereocenters. The van der Waals surface area contributed by atoms with E-state index in [1.54, 1.807) is 6.07 Å². The number of nitrogens with zero attached hydrogens (tertiary/aromatic N) is 3. The van der Waals surface area contributed by atoms with Crippen LogP contribution in [0.2, 0.25) is 0 Å². The lowest BCUT2D eigenvalue weighted by molar-refractivity contribution is -0.384. The summed E-state index contributed by atoms with van der Waals surface area (Å²) in [4.78, 5) is 14.2. The van der Waals surface area contributed by atoms with Gasteiger partial charge in [-0.05, 0) is 15.9 Å². The molecule has 8 heteroatoms. The Hall–Kier alpha value is -1.96. The highest BCUT2D eigenvalue weighted by Gasteiger charge is 2.15. The number of nitrogens with one attached hydrogen (secondary N) is 1. The van der Waals surface area contributed by atoms with Crippen molar-refractivity contribution in [1.82, 2.24) is 10.1 Å². The van der Waals surface area contributed by atoms with Crippen LogP contribution < -0.4 is 5.32 Å². The van der Waals surface area contributed by atoms with Crippen LogP contribution in [0.4, 0.5) is 11.5 Å². The van der Waals surface area contributed by atoms with E-state index in [0.717, 1.165) is 0 Å². The maximum atomic E-state index is 10.8. The van der Waals surface area contributed by atoms with E-state index >= 15 is 0 Å². The lowest BCUT2D eigenvalue weighted by Crippen LogP contribution is -2.04. The summed E-state index contributed by atoms with van der Waals surface area (Å²) in [5.74, 6) is 0.763. The number of pyridine rings is 1. The minimum Gasteiger partial charge on any atom is -0.360 e. The second-order valence-corrected chi connectivity index (χ2v) is 4.03. The first-order chi connectivity index (χ1) is 8.16. The Balaban J connectivity index is 2.17. The molecule has 88 valence electrons. The van der Waals surface area contributed by atoms with Crippen LogP contribution in [0, 0.1) is 10.1 Å². The molecule has 0 saturated carbocycles. The van der Waals surface area contributed by atoms with Gasteiger partial charge in [0.05, 0.1) is 17.7 Å². The molecular weight excluding hydrogens is 292 g/mol. The van der Waals surface area contributed by atoms with Gasteiger partial charge in [0.15, 0.2) is 5.76 Å². The van der Waals surface area contributed by atoms with Gasteiger partial charge in [0.2, 0.25) is 5.82 Å². The van der Waals surface area contributed by atoms with E-state index in [2.05, 4.69) is 31.4 Å². The Morgan fingerprint density at radius 2 is 2.41 bits per heavy atom. The van der Waals surface area contributed by atoms with Crippen molar-refractivity contribution in [2.24, 2.45) is 0 Å². The van der Waals surface area contributed by atoms with Crippen LogP contribution in [-0.2, 0) is 6.54 Å². The number of rotatable bonds is 4. The van der Waals surface area contributed by atoms with E-state index in [9.17, 15) is 10.1 Å². The SMILES string of the molecule is O=[N+]([O-])c1cc(Br)cnc1NCc1ccno1. The normalized spacial score (nSPS) is 10.2. The third-order valence-electron chi connectivity index (χ3n) is 1.95. The summed E-state index contributed by atoms with van der Waals surface area (Å²) >= 11 is 3.13. The fraction of sp³-hybridized carbons (Fsp3) is 0.111. The zero-order valence-electron chi connectivity index (χ0n) is 8.46. The molecule has 0 amide bonds. The van der Waals surface area contributed by atoms with Gasteiger partial charge in [-0.2, -0.15) is 0 Å². The first kappa shape index (κ1) is 11.5. The Labute approximate surface area is 104 Å². The summed E-state index contributed by atoms with van der Waals surface area (Å²) in [5, 5.41) is 17.2. The molecule has 2 aromatic heterocycles. The number of anilines is 1. The zero-order chi connectivity index (χ0) is 12.3. The molecule has 0 radical (unpaired) electrons. The second kappa shape index (κ2) is 4.91. The van der Waals surface area contributed by atoms with Crippen LogP contribution in [0.25, 0.3) is 0 Å². The average Bonchev–Trinajstić information content (AvgIpc) is 2.80. The van der Waals surface area contributed by atoms with Crippen molar-refractivity contribution >= 4 is 27.4 Å². The van der Waals surface area contributed by atoms with Gasteiger partial charge in [-0.1, -0.05) is 5.16 Å². The maximum Gasteiger partial charge on any atom is 0.312 e. The van der Waals surface area contributed by atoms with E-state index in [-0.39, 0.29) is 18.1 Å². The zero-order valence-corrected chi connectivity index (χ0v) is 10.0. The molecule has 0 aliphatic rings. The lowest BCUT2D eigenvalue weighted by Gasteiger charge is -2.03. The van der Waals surface area contributed by atoms with Crippen LogP contribution in [0.1, 0.15) is 5.76 Å². The quantitative estimate of drug-likeness (QED) is 0.688. The topological polar surface area (TPSA) is 94.1 Å². The molecule has 0 fully saturated rings. The molecule has 0 aliphatic carbocycles. The molecule has 2 aromatic rings. The van der Waals surface area contributed by atoms with Crippen LogP contribution in [0.5, 0.6) is 0 Å². The van der Waals surface area contributed by atoms with E-state index in [1.807, 2.05) is 0 Å². The highest BCUT2D eigenvalue weighted by molar-refractivity contribution is 9.10. The minimum atomic E-state index is -0.500. The van der Waals surface area contributed by atoms with Gasteiger partial charge in [0.1, 0.15) is 0 Å². The highest BCUT2D eigenvalue weighted by atomic mass is 79.9. The molecule has 0 aliphatic heterocycles. The van der Waals surface area contributed by atoms with Crippen LogP contribution >= 0.6 is 15.9 Å². The van der Waals surface area contributed by atoms with Crippen LogP contribution in [0.15, 0.2) is 33.5 Å². The van der Waals surface area contributed by atoms with Crippen molar-refractivity contribution in [3.05, 3.63) is 44.9 Å². The second-order valence-electron chi connectivity index (χ2n) is 3.11.